The van der Waals surface area contributed by atoms with E-state index < -0.39 is 5.54 Å². The van der Waals surface area contributed by atoms with E-state index in [1.54, 1.807) is 7.11 Å². The van der Waals surface area contributed by atoms with Crippen LogP contribution in [0.3, 0.4) is 0 Å². The molecule has 1 aliphatic heterocycles. The van der Waals surface area contributed by atoms with Gasteiger partial charge in [-0.25, -0.2) is 0 Å². The first-order valence-corrected chi connectivity index (χ1v) is 6.55. The first-order chi connectivity index (χ1) is 9.18. The summed E-state index contributed by atoms with van der Waals surface area (Å²) in [6.45, 7) is 5.06. The molecule has 1 saturated heterocycles. The number of nitrogens with zero attached hydrogens (tertiary/aromatic N) is 2. The summed E-state index contributed by atoms with van der Waals surface area (Å²) in [5.74, 6) is 0.841. The van der Waals surface area contributed by atoms with E-state index in [1.807, 2.05) is 31.2 Å². The maximum atomic E-state index is 9.54. The Bertz CT molecular complexity index is 446. The number of methoxy groups -OCH3 is 1. The predicted molar refractivity (Wildman–Crippen MR) is 73.1 cm³/mol. The molecule has 102 valence electrons. The van der Waals surface area contributed by atoms with Crippen molar-refractivity contribution in [2.75, 3.05) is 33.4 Å². The van der Waals surface area contributed by atoms with Gasteiger partial charge in [0.25, 0.3) is 0 Å². The Labute approximate surface area is 114 Å². The van der Waals surface area contributed by atoms with Gasteiger partial charge in [0.05, 0.1) is 26.4 Å². The smallest absolute Gasteiger partial charge is 0.118 e. The molecule has 0 N–H and O–H groups in total. The van der Waals surface area contributed by atoms with Crippen molar-refractivity contribution in [2.24, 2.45) is 0 Å². The molecule has 0 spiro atoms. The minimum Gasteiger partial charge on any atom is -0.497 e. The van der Waals surface area contributed by atoms with E-state index in [1.165, 1.54) is 0 Å². The molecule has 1 atom stereocenters. The standard InChI is InChI=1S/C15H20N2O2/c1-15(12-16,17-7-9-19-10-8-17)11-13-3-5-14(18-2)6-4-13/h3-6H,7-11H2,1-2H3. The summed E-state index contributed by atoms with van der Waals surface area (Å²) in [4.78, 5) is 2.21. The Balaban J connectivity index is 2.10. The Morgan fingerprint density at radius 3 is 2.47 bits per heavy atom. The van der Waals surface area contributed by atoms with Crippen LogP contribution < -0.4 is 4.74 Å². The maximum Gasteiger partial charge on any atom is 0.118 e. The van der Waals surface area contributed by atoms with Gasteiger partial charge in [0.15, 0.2) is 0 Å². The molecule has 4 heteroatoms. The second-order valence-corrected chi connectivity index (χ2v) is 5.01. The van der Waals surface area contributed by atoms with Crippen molar-refractivity contribution >= 4 is 0 Å². The second-order valence-electron chi connectivity index (χ2n) is 5.01. The molecule has 1 aliphatic rings. The molecule has 4 nitrogen and oxygen atoms in total. The summed E-state index contributed by atoms with van der Waals surface area (Å²) in [5.41, 5.74) is 0.676. The number of benzene rings is 1. The first kappa shape index (κ1) is 13.9. The number of hydrogen-bond acceptors (Lipinski definition) is 4. The lowest BCUT2D eigenvalue weighted by Crippen LogP contribution is -2.52. The van der Waals surface area contributed by atoms with Gasteiger partial charge >= 0.3 is 0 Å². The summed E-state index contributed by atoms with van der Waals surface area (Å²) < 4.78 is 10.5. The summed E-state index contributed by atoms with van der Waals surface area (Å²) in [6.07, 6.45) is 0.716. The van der Waals surface area contributed by atoms with E-state index in [2.05, 4.69) is 11.0 Å². The Hall–Kier alpha value is -1.57. The lowest BCUT2D eigenvalue weighted by Gasteiger charge is -2.38. The number of rotatable bonds is 4. The molecule has 0 bridgehead atoms. The topological polar surface area (TPSA) is 45.5 Å². The fourth-order valence-electron chi connectivity index (χ4n) is 2.42. The Kier molecular flexibility index (Phi) is 4.41. The summed E-state index contributed by atoms with van der Waals surface area (Å²) in [7, 11) is 1.65. The fourth-order valence-corrected chi connectivity index (χ4v) is 2.42. The van der Waals surface area contributed by atoms with Crippen LogP contribution in [-0.4, -0.2) is 43.9 Å². The quantitative estimate of drug-likeness (QED) is 0.829. The van der Waals surface area contributed by atoms with Crippen molar-refractivity contribution in [3.05, 3.63) is 29.8 Å². The average molecular weight is 260 g/mol. The normalized spacial score (nSPS) is 19.4. The highest BCUT2D eigenvalue weighted by molar-refractivity contribution is 5.29. The van der Waals surface area contributed by atoms with Crippen LogP contribution in [0.25, 0.3) is 0 Å². The van der Waals surface area contributed by atoms with E-state index in [9.17, 15) is 5.26 Å². The minimum atomic E-state index is -0.474. The van der Waals surface area contributed by atoms with Gasteiger partial charge in [-0.3, -0.25) is 4.90 Å². The molecule has 1 aromatic carbocycles. The number of nitriles is 1. The van der Waals surface area contributed by atoms with Gasteiger partial charge in [-0.2, -0.15) is 5.26 Å². The van der Waals surface area contributed by atoms with Crippen molar-refractivity contribution in [1.29, 1.82) is 5.26 Å². The average Bonchev–Trinajstić information content (AvgIpc) is 2.49. The highest BCUT2D eigenvalue weighted by Crippen LogP contribution is 2.23. The SMILES string of the molecule is COc1ccc(CC(C)(C#N)N2CCOCC2)cc1. The van der Waals surface area contributed by atoms with Gasteiger partial charge in [-0.1, -0.05) is 12.1 Å². The molecule has 0 saturated carbocycles. The van der Waals surface area contributed by atoms with E-state index >= 15 is 0 Å². The van der Waals surface area contributed by atoms with E-state index in [4.69, 9.17) is 9.47 Å². The van der Waals surface area contributed by atoms with Crippen LogP contribution in [0.1, 0.15) is 12.5 Å². The number of hydrogen-bond donors (Lipinski definition) is 0. The van der Waals surface area contributed by atoms with Gasteiger partial charge in [0.1, 0.15) is 11.3 Å². The van der Waals surface area contributed by atoms with Gasteiger partial charge in [-0.05, 0) is 24.6 Å². The van der Waals surface area contributed by atoms with Crippen molar-refractivity contribution in [3.63, 3.8) is 0 Å². The molecule has 1 aromatic rings. The molecule has 1 fully saturated rings. The molecule has 0 aromatic heterocycles. The molecular formula is C15H20N2O2. The van der Waals surface area contributed by atoms with Crippen LogP contribution in [0.5, 0.6) is 5.75 Å². The highest BCUT2D eigenvalue weighted by Gasteiger charge is 2.33. The molecule has 2 rings (SSSR count). The van der Waals surface area contributed by atoms with Crippen LogP contribution in [0, 0.1) is 11.3 Å². The molecule has 19 heavy (non-hydrogen) atoms. The Morgan fingerprint density at radius 1 is 1.32 bits per heavy atom. The molecule has 0 aliphatic carbocycles. The monoisotopic (exact) mass is 260 g/mol. The van der Waals surface area contributed by atoms with Crippen LogP contribution >= 0.6 is 0 Å². The molecule has 1 unspecified atom stereocenters. The van der Waals surface area contributed by atoms with E-state index in [-0.39, 0.29) is 0 Å². The third-order valence-corrected chi connectivity index (χ3v) is 3.66. The van der Waals surface area contributed by atoms with Crippen molar-refractivity contribution < 1.29 is 9.47 Å². The van der Waals surface area contributed by atoms with Gasteiger partial charge < -0.3 is 9.47 Å². The fraction of sp³-hybridized carbons (Fsp3) is 0.533. The zero-order valence-corrected chi connectivity index (χ0v) is 11.6. The van der Waals surface area contributed by atoms with Gasteiger partial charge in [0.2, 0.25) is 0 Å². The van der Waals surface area contributed by atoms with Crippen LogP contribution in [0.2, 0.25) is 0 Å². The third-order valence-electron chi connectivity index (χ3n) is 3.66. The highest BCUT2D eigenvalue weighted by atomic mass is 16.5. The summed E-state index contributed by atoms with van der Waals surface area (Å²) in [5, 5.41) is 9.54. The first-order valence-electron chi connectivity index (χ1n) is 6.55. The minimum absolute atomic E-state index is 0.474. The van der Waals surface area contributed by atoms with Gasteiger partial charge in [0, 0.05) is 19.5 Å². The van der Waals surface area contributed by atoms with Crippen LogP contribution in [-0.2, 0) is 11.2 Å². The molecular weight excluding hydrogens is 240 g/mol. The number of morpholine rings is 1. The third kappa shape index (κ3) is 3.25. The zero-order valence-electron chi connectivity index (χ0n) is 11.6. The predicted octanol–water partition coefficient (Wildman–Crippen LogP) is 1.85. The lowest BCUT2D eigenvalue weighted by molar-refractivity contribution is 0.00189. The van der Waals surface area contributed by atoms with Gasteiger partial charge in [-0.15, -0.1) is 0 Å². The van der Waals surface area contributed by atoms with Crippen LogP contribution in [0.4, 0.5) is 0 Å². The van der Waals surface area contributed by atoms with Crippen molar-refractivity contribution in [2.45, 2.75) is 18.9 Å². The van der Waals surface area contributed by atoms with E-state index in [0.29, 0.717) is 19.6 Å². The summed E-state index contributed by atoms with van der Waals surface area (Å²) in [6, 6.07) is 10.4. The summed E-state index contributed by atoms with van der Waals surface area (Å²) >= 11 is 0. The largest absolute Gasteiger partial charge is 0.497 e. The lowest BCUT2D eigenvalue weighted by atomic mass is 9.92. The number of ether oxygens (including phenoxy) is 2. The van der Waals surface area contributed by atoms with E-state index in [0.717, 1.165) is 24.4 Å². The molecule has 1 heterocycles. The van der Waals surface area contributed by atoms with Crippen molar-refractivity contribution in [1.82, 2.24) is 4.90 Å². The maximum absolute atomic E-state index is 9.54. The second kappa shape index (κ2) is 6.05. The zero-order chi connectivity index (χ0) is 13.7. The van der Waals surface area contributed by atoms with Crippen molar-refractivity contribution in [3.8, 4) is 11.8 Å². The van der Waals surface area contributed by atoms with Crippen LogP contribution in [0.15, 0.2) is 24.3 Å². The Morgan fingerprint density at radius 2 is 1.95 bits per heavy atom. The molecule has 0 amide bonds. The molecule has 0 radical (unpaired) electrons.